The van der Waals surface area contributed by atoms with Crippen molar-refractivity contribution in [1.82, 2.24) is 24.4 Å². The van der Waals surface area contributed by atoms with Gasteiger partial charge < -0.3 is 14.4 Å². The van der Waals surface area contributed by atoms with E-state index in [1.54, 1.807) is 0 Å². The van der Waals surface area contributed by atoms with Crippen molar-refractivity contribution in [3.63, 3.8) is 0 Å². The fourth-order valence-electron chi connectivity index (χ4n) is 5.37. The second-order valence-electron chi connectivity index (χ2n) is 9.45. The zero-order valence-corrected chi connectivity index (χ0v) is 19.2. The lowest BCUT2D eigenvalue weighted by Crippen LogP contribution is -2.42. The lowest BCUT2D eigenvalue weighted by atomic mass is 10.0. The van der Waals surface area contributed by atoms with Crippen LogP contribution in [0.15, 0.2) is 12.3 Å². The second-order valence-corrected chi connectivity index (χ2v) is 9.45. The van der Waals surface area contributed by atoms with Crippen molar-refractivity contribution >= 4 is 11.6 Å². The number of amides is 1. The number of hydrogen-bond donors (Lipinski definition) is 0. The van der Waals surface area contributed by atoms with Gasteiger partial charge in [-0.2, -0.15) is 5.10 Å². The third kappa shape index (κ3) is 4.67. The molecule has 1 amide bonds. The molecule has 2 saturated heterocycles. The van der Waals surface area contributed by atoms with Gasteiger partial charge in [0.05, 0.1) is 37.8 Å². The molecular weight excluding hydrogens is 406 g/mol. The van der Waals surface area contributed by atoms with E-state index in [9.17, 15) is 4.79 Å². The number of carbonyl (C=O) groups excluding carboxylic acids is 1. The molecule has 8 heteroatoms. The van der Waals surface area contributed by atoms with Gasteiger partial charge in [0.1, 0.15) is 6.10 Å². The summed E-state index contributed by atoms with van der Waals surface area (Å²) in [7, 11) is 0. The van der Waals surface area contributed by atoms with Gasteiger partial charge in [-0.25, -0.2) is 9.50 Å². The van der Waals surface area contributed by atoms with E-state index >= 15 is 0 Å². The van der Waals surface area contributed by atoms with E-state index in [-0.39, 0.29) is 12.0 Å². The SMILES string of the molecule is Cc1nn2c(C3CN(C(=O)CCC4CCCC4)CCO3)ccnc2c1CN1CCOCC1. The summed E-state index contributed by atoms with van der Waals surface area (Å²) in [5.41, 5.74) is 4.02. The van der Waals surface area contributed by atoms with Gasteiger partial charge in [0.15, 0.2) is 5.65 Å². The minimum absolute atomic E-state index is 0.180. The zero-order chi connectivity index (χ0) is 21.9. The smallest absolute Gasteiger partial charge is 0.222 e. The summed E-state index contributed by atoms with van der Waals surface area (Å²) in [5.74, 6) is 1.01. The number of rotatable bonds is 6. The predicted octanol–water partition coefficient (Wildman–Crippen LogP) is 2.74. The molecule has 1 aliphatic carbocycles. The third-order valence-electron chi connectivity index (χ3n) is 7.32. The van der Waals surface area contributed by atoms with Crippen LogP contribution in [0.4, 0.5) is 0 Å². The van der Waals surface area contributed by atoms with Crippen LogP contribution in [0.1, 0.15) is 61.6 Å². The number of fused-ring (bicyclic) bond motifs is 1. The van der Waals surface area contributed by atoms with Crippen LogP contribution in [0.5, 0.6) is 0 Å². The minimum atomic E-state index is -0.180. The Kier molecular flexibility index (Phi) is 6.71. The Labute approximate surface area is 189 Å². The molecule has 4 heterocycles. The fourth-order valence-corrected chi connectivity index (χ4v) is 5.37. The molecule has 8 nitrogen and oxygen atoms in total. The average Bonchev–Trinajstić information content (AvgIpc) is 3.46. The summed E-state index contributed by atoms with van der Waals surface area (Å²) in [6.07, 6.45) is 8.59. The molecule has 1 atom stereocenters. The zero-order valence-electron chi connectivity index (χ0n) is 19.2. The van der Waals surface area contributed by atoms with E-state index < -0.39 is 0 Å². The molecule has 1 saturated carbocycles. The van der Waals surface area contributed by atoms with Crippen LogP contribution in [-0.2, 0) is 20.8 Å². The molecule has 0 aromatic carbocycles. The maximum atomic E-state index is 12.9. The Morgan fingerprint density at radius 3 is 2.78 bits per heavy atom. The molecule has 5 rings (SSSR count). The summed E-state index contributed by atoms with van der Waals surface area (Å²) in [6, 6.07) is 1.98. The highest BCUT2D eigenvalue weighted by Crippen LogP contribution is 2.30. The topological polar surface area (TPSA) is 72.2 Å². The van der Waals surface area contributed by atoms with Crippen molar-refractivity contribution in [3.8, 4) is 0 Å². The maximum Gasteiger partial charge on any atom is 0.222 e. The standard InChI is InChI=1S/C24H35N5O3/c1-18-20(16-27-10-13-31-14-11-27)24-25-9-8-21(29(24)26-18)22-17-28(12-15-32-22)23(30)7-6-19-4-2-3-5-19/h8-9,19,22H,2-7,10-17H2,1H3. The lowest BCUT2D eigenvalue weighted by Gasteiger charge is -2.33. The first-order valence-corrected chi connectivity index (χ1v) is 12.2. The molecular formula is C24H35N5O3. The summed E-state index contributed by atoms with van der Waals surface area (Å²) < 4.78 is 13.5. The molecule has 3 fully saturated rings. The van der Waals surface area contributed by atoms with Gasteiger partial charge in [-0.1, -0.05) is 25.7 Å². The van der Waals surface area contributed by atoms with E-state index in [4.69, 9.17) is 14.6 Å². The first kappa shape index (κ1) is 21.8. The Morgan fingerprint density at radius 1 is 1.16 bits per heavy atom. The first-order chi connectivity index (χ1) is 15.7. The number of aryl methyl sites for hydroxylation is 1. The molecule has 174 valence electrons. The number of carbonyl (C=O) groups is 1. The lowest BCUT2D eigenvalue weighted by molar-refractivity contribution is -0.139. The second kappa shape index (κ2) is 9.85. The van der Waals surface area contributed by atoms with Crippen molar-refractivity contribution in [2.45, 2.75) is 58.1 Å². The quantitative estimate of drug-likeness (QED) is 0.686. The van der Waals surface area contributed by atoms with E-state index in [1.807, 2.05) is 21.7 Å². The van der Waals surface area contributed by atoms with Gasteiger partial charge in [0, 0.05) is 44.4 Å². The molecule has 2 aromatic rings. The molecule has 3 aliphatic rings. The number of morpholine rings is 2. The fraction of sp³-hybridized carbons (Fsp3) is 0.708. The number of aromatic nitrogens is 3. The van der Waals surface area contributed by atoms with Crippen molar-refractivity contribution in [1.29, 1.82) is 0 Å². The van der Waals surface area contributed by atoms with Gasteiger partial charge in [-0.05, 0) is 25.3 Å². The Balaban J connectivity index is 1.30. The molecule has 2 aliphatic heterocycles. The van der Waals surface area contributed by atoms with E-state index in [0.717, 1.165) is 67.8 Å². The van der Waals surface area contributed by atoms with E-state index in [1.165, 1.54) is 25.7 Å². The van der Waals surface area contributed by atoms with Crippen molar-refractivity contribution < 1.29 is 14.3 Å². The molecule has 0 N–H and O–H groups in total. The summed E-state index contributed by atoms with van der Waals surface area (Å²) in [4.78, 5) is 21.9. The normalized spacial score (nSPS) is 23.3. The van der Waals surface area contributed by atoms with Crippen molar-refractivity contribution in [2.75, 3.05) is 46.0 Å². The molecule has 0 bridgehead atoms. The van der Waals surface area contributed by atoms with Gasteiger partial charge in [0.25, 0.3) is 0 Å². The summed E-state index contributed by atoms with van der Waals surface area (Å²) in [6.45, 7) is 8.11. The monoisotopic (exact) mass is 441 g/mol. The molecule has 2 aromatic heterocycles. The average molecular weight is 442 g/mol. The highest BCUT2D eigenvalue weighted by atomic mass is 16.5. The van der Waals surface area contributed by atoms with Gasteiger partial charge in [0.2, 0.25) is 5.91 Å². The van der Waals surface area contributed by atoms with Gasteiger partial charge in [-0.3, -0.25) is 9.69 Å². The van der Waals surface area contributed by atoms with Crippen LogP contribution in [0, 0.1) is 12.8 Å². The molecule has 0 radical (unpaired) electrons. The van der Waals surface area contributed by atoms with Crippen LogP contribution in [0.25, 0.3) is 5.65 Å². The van der Waals surface area contributed by atoms with Crippen LogP contribution in [0.2, 0.25) is 0 Å². The number of ether oxygens (including phenoxy) is 2. The highest BCUT2D eigenvalue weighted by Gasteiger charge is 2.29. The number of hydrogen-bond acceptors (Lipinski definition) is 6. The minimum Gasteiger partial charge on any atom is -0.379 e. The van der Waals surface area contributed by atoms with Gasteiger partial charge >= 0.3 is 0 Å². The summed E-state index contributed by atoms with van der Waals surface area (Å²) >= 11 is 0. The highest BCUT2D eigenvalue weighted by molar-refractivity contribution is 5.76. The largest absolute Gasteiger partial charge is 0.379 e. The Morgan fingerprint density at radius 2 is 1.97 bits per heavy atom. The summed E-state index contributed by atoms with van der Waals surface area (Å²) in [5, 5.41) is 4.83. The Hall–Kier alpha value is -2.03. The predicted molar refractivity (Wildman–Crippen MR) is 120 cm³/mol. The van der Waals surface area contributed by atoms with Crippen LogP contribution in [-0.4, -0.2) is 76.3 Å². The maximum absolute atomic E-state index is 12.9. The Bertz CT molecular complexity index is 933. The molecule has 32 heavy (non-hydrogen) atoms. The first-order valence-electron chi connectivity index (χ1n) is 12.2. The van der Waals surface area contributed by atoms with Crippen molar-refractivity contribution in [3.05, 3.63) is 29.2 Å². The molecule has 1 unspecified atom stereocenters. The third-order valence-corrected chi connectivity index (χ3v) is 7.32. The molecule has 0 spiro atoms. The van der Waals surface area contributed by atoms with Crippen LogP contribution >= 0.6 is 0 Å². The van der Waals surface area contributed by atoms with E-state index in [0.29, 0.717) is 26.1 Å². The van der Waals surface area contributed by atoms with E-state index in [2.05, 4.69) is 16.8 Å². The van der Waals surface area contributed by atoms with Crippen molar-refractivity contribution in [2.24, 2.45) is 5.92 Å². The van der Waals surface area contributed by atoms with Crippen LogP contribution in [0.3, 0.4) is 0 Å². The number of nitrogens with zero attached hydrogens (tertiary/aromatic N) is 5. The van der Waals surface area contributed by atoms with Gasteiger partial charge in [-0.15, -0.1) is 0 Å². The van der Waals surface area contributed by atoms with Crippen LogP contribution < -0.4 is 0 Å².